The Morgan fingerprint density at radius 1 is 1.56 bits per heavy atom. The zero-order valence-electron chi connectivity index (χ0n) is 4.65. The first-order valence-electron chi connectivity index (χ1n) is 2.62. The summed E-state index contributed by atoms with van der Waals surface area (Å²) in [4.78, 5) is 3.95. The summed E-state index contributed by atoms with van der Waals surface area (Å²) in [5.41, 5.74) is 0.855. The van der Waals surface area contributed by atoms with Gasteiger partial charge in [-0.15, -0.1) is 0 Å². The molecule has 0 fully saturated rings. The van der Waals surface area contributed by atoms with Crippen LogP contribution in [0, 0.1) is 6.07 Å². The Labute approximate surface area is 52.0 Å². The molecule has 2 heterocycles. The number of rotatable bonds is 0. The van der Waals surface area contributed by atoms with E-state index in [1.165, 1.54) is 6.33 Å². The maximum Gasteiger partial charge on any atom is 0.155 e. The predicted octanol–water partition coefficient (Wildman–Crippen LogP) is 0.529. The van der Waals surface area contributed by atoms with Crippen molar-refractivity contribution in [1.29, 1.82) is 0 Å². The summed E-state index contributed by atoms with van der Waals surface area (Å²) in [6.45, 7) is 0. The molecule has 2 rings (SSSR count). The SMILES string of the molecule is [c]1ccc2ncnn2c1. The molecule has 0 N–H and O–H groups in total. The van der Waals surface area contributed by atoms with Crippen molar-refractivity contribution in [3.05, 3.63) is 30.7 Å². The van der Waals surface area contributed by atoms with Crippen LogP contribution in [0.5, 0.6) is 0 Å². The van der Waals surface area contributed by atoms with Gasteiger partial charge in [-0.25, -0.2) is 9.50 Å². The third kappa shape index (κ3) is 0.579. The topological polar surface area (TPSA) is 30.2 Å². The molecule has 0 saturated carbocycles. The van der Waals surface area contributed by atoms with Crippen LogP contribution in [0.4, 0.5) is 0 Å². The minimum atomic E-state index is 0.855. The Bertz CT molecular complexity index is 282. The molecule has 0 aliphatic heterocycles. The van der Waals surface area contributed by atoms with E-state index in [2.05, 4.69) is 16.1 Å². The lowest BCUT2D eigenvalue weighted by atomic mass is 10.5. The zero-order chi connectivity index (χ0) is 6.10. The molecule has 9 heavy (non-hydrogen) atoms. The Balaban J connectivity index is 2.95. The second-order valence-corrected chi connectivity index (χ2v) is 1.69. The summed E-state index contributed by atoms with van der Waals surface area (Å²) in [7, 11) is 0. The second kappa shape index (κ2) is 1.55. The number of aromatic nitrogens is 3. The monoisotopic (exact) mass is 118 g/mol. The highest BCUT2D eigenvalue weighted by atomic mass is 15.3. The van der Waals surface area contributed by atoms with E-state index in [4.69, 9.17) is 0 Å². The van der Waals surface area contributed by atoms with Gasteiger partial charge in [-0.3, -0.25) is 0 Å². The molecule has 0 aliphatic rings. The molecule has 1 radical (unpaired) electrons. The zero-order valence-corrected chi connectivity index (χ0v) is 4.65. The molecule has 43 valence electrons. The van der Waals surface area contributed by atoms with Crippen LogP contribution in [0.15, 0.2) is 24.7 Å². The van der Waals surface area contributed by atoms with Crippen LogP contribution in [-0.2, 0) is 0 Å². The summed E-state index contributed by atoms with van der Waals surface area (Å²) in [6.07, 6.45) is 3.26. The highest BCUT2D eigenvalue weighted by Gasteiger charge is 1.87. The number of fused-ring (bicyclic) bond motifs is 1. The fraction of sp³-hybridized carbons (Fsp3) is 0. The fourth-order valence-electron chi connectivity index (χ4n) is 0.714. The van der Waals surface area contributed by atoms with E-state index < -0.39 is 0 Å². The number of hydrogen-bond donors (Lipinski definition) is 0. The van der Waals surface area contributed by atoms with Gasteiger partial charge in [0.15, 0.2) is 5.65 Å². The Morgan fingerprint density at radius 2 is 2.56 bits per heavy atom. The summed E-state index contributed by atoms with van der Waals surface area (Å²) in [5, 5.41) is 3.89. The lowest BCUT2D eigenvalue weighted by Crippen LogP contribution is -1.82. The minimum Gasteiger partial charge on any atom is -0.221 e. The summed E-state index contributed by atoms with van der Waals surface area (Å²) < 4.78 is 1.67. The van der Waals surface area contributed by atoms with E-state index >= 15 is 0 Å². The van der Waals surface area contributed by atoms with Gasteiger partial charge in [0.25, 0.3) is 0 Å². The van der Waals surface area contributed by atoms with Crippen molar-refractivity contribution in [3.8, 4) is 0 Å². The lowest BCUT2D eigenvalue weighted by Gasteiger charge is -1.84. The van der Waals surface area contributed by atoms with Crippen LogP contribution in [0.2, 0.25) is 0 Å². The van der Waals surface area contributed by atoms with E-state index in [9.17, 15) is 0 Å². The van der Waals surface area contributed by atoms with Crippen molar-refractivity contribution in [2.45, 2.75) is 0 Å². The normalized spacial score (nSPS) is 10.2. The minimum absolute atomic E-state index is 0.855. The number of pyridine rings is 1. The van der Waals surface area contributed by atoms with Crippen molar-refractivity contribution >= 4 is 5.65 Å². The summed E-state index contributed by atoms with van der Waals surface area (Å²) >= 11 is 0. The molecule has 3 nitrogen and oxygen atoms in total. The third-order valence-corrected chi connectivity index (χ3v) is 1.13. The Kier molecular flexibility index (Phi) is 0.773. The van der Waals surface area contributed by atoms with Crippen LogP contribution in [0.3, 0.4) is 0 Å². The van der Waals surface area contributed by atoms with Crippen molar-refractivity contribution in [1.82, 2.24) is 14.6 Å². The highest BCUT2D eigenvalue weighted by Crippen LogP contribution is 1.92. The van der Waals surface area contributed by atoms with Crippen molar-refractivity contribution in [2.24, 2.45) is 0 Å². The van der Waals surface area contributed by atoms with E-state index in [0.29, 0.717) is 0 Å². The van der Waals surface area contributed by atoms with E-state index in [1.54, 1.807) is 10.7 Å². The summed E-state index contributed by atoms with van der Waals surface area (Å²) in [5.74, 6) is 0. The van der Waals surface area contributed by atoms with Gasteiger partial charge in [0, 0.05) is 12.3 Å². The molecule has 0 bridgehead atoms. The molecule has 2 aromatic rings. The average molecular weight is 118 g/mol. The molecular formula is C6H4N3. The second-order valence-electron chi connectivity index (χ2n) is 1.69. The first-order chi connectivity index (χ1) is 4.47. The van der Waals surface area contributed by atoms with Crippen LogP contribution in [0.25, 0.3) is 5.65 Å². The first kappa shape index (κ1) is 4.49. The molecule has 0 aromatic carbocycles. The molecule has 0 atom stereocenters. The smallest absolute Gasteiger partial charge is 0.155 e. The maximum atomic E-state index is 3.95. The fourth-order valence-corrected chi connectivity index (χ4v) is 0.714. The molecule has 0 amide bonds. The van der Waals surface area contributed by atoms with E-state index in [-0.39, 0.29) is 0 Å². The molecule has 0 unspecified atom stereocenters. The van der Waals surface area contributed by atoms with Gasteiger partial charge in [0.2, 0.25) is 0 Å². The van der Waals surface area contributed by atoms with Gasteiger partial charge in [0.1, 0.15) is 6.33 Å². The molecule has 0 aliphatic carbocycles. The van der Waals surface area contributed by atoms with Crippen LogP contribution < -0.4 is 0 Å². The quantitative estimate of drug-likeness (QED) is 0.505. The maximum absolute atomic E-state index is 3.95. The van der Waals surface area contributed by atoms with Gasteiger partial charge in [-0.2, -0.15) is 5.10 Å². The molecule has 3 heteroatoms. The standard InChI is InChI=1S/C6H4N3/c1-2-4-9-6(3-1)7-5-8-9/h1,3-5H. The van der Waals surface area contributed by atoms with Crippen LogP contribution in [0.1, 0.15) is 0 Å². The van der Waals surface area contributed by atoms with Crippen molar-refractivity contribution < 1.29 is 0 Å². The van der Waals surface area contributed by atoms with Crippen LogP contribution in [-0.4, -0.2) is 14.6 Å². The predicted molar refractivity (Wildman–Crippen MR) is 31.8 cm³/mol. The lowest BCUT2D eigenvalue weighted by molar-refractivity contribution is 0.959. The third-order valence-electron chi connectivity index (χ3n) is 1.13. The Morgan fingerprint density at radius 3 is 3.44 bits per heavy atom. The van der Waals surface area contributed by atoms with E-state index in [0.717, 1.165) is 5.65 Å². The molecule has 0 saturated heterocycles. The number of nitrogens with zero attached hydrogens (tertiary/aromatic N) is 3. The highest BCUT2D eigenvalue weighted by molar-refractivity contribution is 5.34. The van der Waals surface area contributed by atoms with Gasteiger partial charge in [-0.05, 0) is 12.1 Å². The van der Waals surface area contributed by atoms with Gasteiger partial charge in [0.05, 0.1) is 0 Å². The van der Waals surface area contributed by atoms with Crippen molar-refractivity contribution in [2.75, 3.05) is 0 Å². The average Bonchev–Trinajstić information content (AvgIpc) is 2.33. The first-order valence-corrected chi connectivity index (χ1v) is 2.62. The molecule has 2 aromatic heterocycles. The molecular weight excluding hydrogens is 114 g/mol. The van der Waals surface area contributed by atoms with Gasteiger partial charge in [-0.1, -0.05) is 0 Å². The molecule has 0 spiro atoms. The van der Waals surface area contributed by atoms with Gasteiger partial charge < -0.3 is 0 Å². The summed E-state index contributed by atoms with van der Waals surface area (Å²) in [6, 6.07) is 6.55. The van der Waals surface area contributed by atoms with Crippen LogP contribution >= 0.6 is 0 Å². The Hall–Kier alpha value is -1.38. The van der Waals surface area contributed by atoms with Gasteiger partial charge >= 0.3 is 0 Å². The number of hydrogen-bond acceptors (Lipinski definition) is 2. The van der Waals surface area contributed by atoms with Crippen molar-refractivity contribution in [3.63, 3.8) is 0 Å². The largest absolute Gasteiger partial charge is 0.221 e. The van der Waals surface area contributed by atoms with E-state index in [1.807, 2.05) is 12.1 Å².